The SMILES string of the molecule is COCCOCCN1CC2C3=c4c5c6c7c8c9c%10c7c7c%11c%12c(cc%13c%14c(c4c6c7c%12%14)=C(C3)C%13)=CC3=CC(=CC9=CC4CC2(C1)C=5C84)C%10C3%11. The van der Waals surface area contributed by atoms with Crippen molar-refractivity contribution in [2.45, 2.75) is 37.0 Å². The molecule has 0 radical (unpaired) electrons. The molecule has 1 aliphatic heterocycles. The summed E-state index contributed by atoms with van der Waals surface area (Å²) in [7, 11) is 1.77. The van der Waals surface area contributed by atoms with E-state index in [1.165, 1.54) is 31.1 Å². The average molecular weight is 630 g/mol. The molecule has 0 N–H and O–H groups in total. The van der Waals surface area contributed by atoms with Gasteiger partial charge in [-0.05, 0) is 150 Å². The van der Waals surface area contributed by atoms with Gasteiger partial charge in [0.2, 0.25) is 0 Å². The highest BCUT2D eigenvalue weighted by Crippen LogP contribution is 2.74. The van der Waals surface area contributed by atoms with Gasteiger partial charge in [0.15, 0.2) is 0 Å². The van der Waals surface area contributed by atoms with Crippen molar-refractivity contribution in [1.29, 1.82) is 0 Å². The Labute approximate surface area is 280 Å². The van der Waals surface area contributed by atoms with Crippen LogP contribution in [0, 0.1) is 17.3 Å². The smallest absolute Gasteiger partial charge is 0.0700 e. The molecule has 17 rings (SSSR count). The second-order valence-corrected chi connectivity index (χ2v) is 17.9. The summed E-state index contributed by atoms with van der Waals surface area (Å²) in [6.45, 7) is 5.58. The van der Waals surface area contributed by atoms with Crippen molar-refractivity contribution < 1.29 is 9.47 Å². The van der Waals surface area contributed by atoms with Crippen LogP contribution in [0.15, 0.2) is 35.4 Å². The quantitative estimate of drug-likeness (QED) is 0.188. The number of likely N-dealkylation sites (tertiary alicyclic amines) is 1. The van der Waals surface area contributed by atoms with Crippen LogP contribution in [0.2, 0.25) is 0 Å². The number of hydrogen-bond acceptors (Lipinski definition) is 3. The van der Waals surface area contributed by atoms with E-state index in [4.69, 9.17) is 9.47 Å². The molecule has 49 heavy (non-hydrogen) atoms. The van der Waals surface area contributed by atoms with Gasteiger partial charge in [-0.3, -0.25) is 4.90 Å². The highest BCUT2D eigenvalue weighted by molar-refractivity contribution is 6.46. The molecule has 3 nitrogen and oxygen atoms in total. The topological polar surface area (TPSA) is 21.7 Å². The Hall–Kier alpha value is -4.02. The lowest BCUT2D eigenvalue weighted by atomic mass is 9.63. The molecule has 6 aromatic carbocycles. The summed E-state index contributed by atoms with van der Waals surface area (Å²) < 4.78 is 11.4. The Morgan fingerprint density at radius 1 is 0.755 bits per heavy atom. The fourth-order valence-electron chi connectivity index (χ4n) is 15.8. The van der Waals surface area contributed by atoms with Gasteiger partial charge in [0.25, 0.3) is 0 Å². The maximum atomic E-state index is 6.10. The summed E-state index contributed by atoms with van der Waals surface area (Å²) >= 11 is 0. The molecule has 1 saturated heterocycles. The Morgan fingerprint density at radius 3 is 2.55 bits per heavy atom. The van der Waals surface area contributed by atoms with Gasteiger partial charge in [0, 0.05) is 55.8 Å². The first-order valence-corrected chi connectivity index (χ1v) is 19.1. The standard InChI is InChI=1S/C46H31NO2/c1-48-4-5-49-3-2-47-14-24-23-12-21-10-18-8-19-7-16-6-17-9-20-11-22-13-46(24,15-47)45-31(22)36-30(20)35-26(17)25(16)33-29(19)34-27(18)28(21)37-32(23)44(45)43-41(36)39(35)38(33)40(34)42(37)43/h6-9,11,22,24-26,31H,2-5,10,12-15H2,1H3. The second-order valence-electron chi connectivity index (χ2n) is 17.9. The van der Waals surface area contributed by atoms with E-state index in [2.05, 4.69) is 35.3 Å². The van der Waals surface area contributed by atoms with Crippen LogP contribution in [0.4, 0.5) is 0 Å². The first-order valence-electron chi connectivity index (χ1n) is 19.1. The Morgan fingerprint density at radius 2 is 1.59 bits per heavy atom. The van der Waals surface area contributed by atoms with Gasteiger partial charge >= 0.3 is 0 Å². The van der Waals surface area contributed by atoms with Crippen molar-refractivity contribution in [2.75, 3.05) is 46.6 Å². The predicted molar refractivity (Wildman–Crippen MR) is 195 cm³/mol. The first kappa shape index (κ1) is 23.4. The van der Waals surface area contributed by atoms with E-state index in [-0.39, 0.29) is 5.41 Å². The molecule has 6 unspecified atom stereocenters. The number of methoxy groups -OCH3 is 1. The zero-order chi connectivity index (χ0) is 30.7. The van der Waals surface area contributed by atoms with Crippen LogP contribution >= 0.6 is 0 Å². The zero-order valence-electron chi connectivity index (χ0n) is 27.4. The molecule has 232 valence electrons. The maximum Gasteiger partial charge on any atom is 0.0700 e. The van der Waals surface area contributed by atoms with Crippen LogP contribution in [0.25, 0.3) is 82.2 Å². The van der Waals surface area contributed by atoms with Gasteiger partial charge in [-0.15, -0.1) is 0 Å². The first-order chi connectivity index (χ1) is 24.2. The number of allylic oxidation sites excluding steroid dienone is 6. The predicted octanol–water partition coefficient (Wildman–Crippen LogP) is 5.14. The van der Waals surface area contributed by atoms with Crippen molar-refractivity contribution in [1.82, 2.24) is 4.90 Å². The largest absolute Gasteiger partial charge is 0.382 e. The van der Waals surface area contributed by atoms with E-state index < -0.39 is 0 Å². The molecule has 0 aromatic heterocycles. The minimum absolute atomic E-state index is 0.231. The lowest BCUT2D eigenvalue weighted by molar-refractivity contribution is 0.0593. The molecular formula is C46H31NO2. The molecule has 6 atom stereocenters. The molecule has 0 amide bonds. The Kier molecular flexibility index (Phi) is 3.15. The molecule has 0 bridgehead atoms. The Bertz CT molecular complexity index is 3240. The van der Waals surface area contributed by atoms with Gasteiger partial charge in [0.1, 0.15) is 0 Å². The molecule has 1 heterocycles. The normalized spacial score (nSPS) is 32.9. The van der Waals surface area contributed by atoms with E-state index >= 15 is 0 Å². The van der Waals surface area contributed by atoms with Crippen molar-refractivity contribution in [3.8, 4) is 0 Å². The summed E-state index contributed by atoms with van der Waals surface area (Å²) in [5, 5.41) is 23.6. The van der Waals surface area contributed by atoms with E-state index in [0.717, 1.165) is 19.6 Å². The van der Waals surface area contributed by atoms with Crippen molar-refractivity contribution >= 4 is 82.2 Å². The zero-order valence-corrected chi connectivity index (χ0v) is 27.4. The van der Waals surface area contributed by atoms with E-state index in [1.807, 2.05) is 11.1 Å². The molecule has 2 fully saturated rings. The van der Waals surface area contributed by atoms with Crippen LogP contribution in [-0.4, -0.2) is 51.5 Å². The van der Waals surface area contributed by atoms with E-state index in [1.54, 1.807) is 127 Å². The fraction of sp³-hybridized carbons (Fsp3) is 0.348. The van der Waals surface area contributed by atoms with Crippen molar-refractivity contribution in [2.24, 2.45) is 17.3 Å². The second kappa shape index (κ2) is 6.60. The summed E-state index contributed by atoms with van der Waals surface area (Å²) in [5.74, 6) is 2.76. The van der Waals surface area contributed by atoms with Crippen LogP contribution in [0.3, 0.4) is 0 Å². The van der Waals surface area contributed by atoms with Gasteiger partial charge in [-0.2, -0.15) is 0 Å². The third kappa shape index (κ3) is 1.92. The minimum atomic E-state index is 0.231. The summed E-state index contributed by atoms with van der Waals surface area (Å²) in [6, 6.07) is 2.66. The molecule has 10 aliphatic carbocycles. The summed E-state index contributed by atoms with van der Waals surface area (Å²) in [4.78, 5) is 2.82. The number of hydrogen-bond donors (Lipinski definition) is 0. The van der Waals surface area contributed by atoms with Crippen LogP contribution < -0.4 is 20.9 Å². The van der Waals surface area contributed by atoms with Gasteiger partial charge < -0.3 is 9.47 Å². The monoisotopic (exact) mass is 629 g/mol. The van der Waals surface area contributed by atoms with Gasteiger partial charge in [0.05, 0.1) is 19.8 Å². The highest BCUT2D eigenvalue weighted by atomic mass is 16.5. The number of nitrogens with zero attached hydrogens (tertiary/aromatic N) is 1. The molecule has 6 aromatic rings. The van der Waals surface area contributed by atoms with E-state index in [0.29, 0.717) is 42.8 Å². The van der Waals surface area contributed by atoms with Crippen LogP contribution in [0.5, 0.6) is 0 Å². The third-order valence-electron chi connectivity index (χ3n) is 16.6. The third-order valence-corrected chi connectivity index (χ3v) is 16.6. The van der Waals surface area contributed by atoms with Crippen LogP contribution in [-0.2, 0) is 15.9 Å². The lowest BCUT2D eigenvalue weighted by Crippen LogP contribution is -2.46. The Balaban J connectivity index is 1.13. The molecule has 3 heteroatoms. The highest BCUT2D eigenvalue weighted by Gasteiger charge is 2.64. The van der Waals surface area contributed by atoms with Crippen molar-refractivity contribution in [3.63, 3.8) is 0 Å². The number of benzene rings is 3. The van der Waals surface area contributed by atoms with Gasteiger partial charge in [-0.25, -0.2) is 0 Å². The van der Waals surface area contributed by atoms with E-state index in [9.17, 15) is 0 Å². The summed E-state index contributed by atoms with van der Waals surface area (Å²) in [5.41, 5.74) is 19.0. The molecule has 11 aliphatic rings. The lowest BCUT2D eigenvalue weighted by Gasteiger charge is -2.40. The minimum Gasteiger partial charge on any atom is -0.382 e. The van der Waals surface area contributed by atoms with Crippen LogP contribution in [0.1, 0.15) is 58.4 Å². The van der Waals surface area contributed by atoms with Gasteiger partial charge in [-0.1, -0.05) is 41.5 Å². The average Bonchev–Trinajstić information content (AvgIpc) is 3.94. The number of ether oxygens (including phenoxy) is 2. The number of rotatable bonds is 6. The number of fused-ring (bicyclic) bond motifs is 1. The fourth-order valence-corrected chi connectivity index (χ4v) is 15.8. The molecular weight excluding hydrogens is 599 g/mol. The van der Waals surface area contributed by atoms with Crippen molar-refractivity contribution in [3.05, 3.63) is 84.1 Å². The molecule has 1 saturated carbocycles. The molecule has 1 spiro atoms. The maximum absolute atomic E-state index is 6.10. The summed E-state index contributed by atoms with van der Waals surface area (Å²) in [6.07, 6.45) is 14.4.